The molecule has 1 heterocycles. The molecule has 0 aliphatic heterocycles. The zero-order valence-corrected chi connectivity index (χ0v) is 12.3. The van der Waals surface area contributed by atoms with Crippen molar-refractivity contribution in [1.29, 1.82) is 0 Å². The Bertz CT molecular complexity index is 623. The van der Waals surface area contributed by atoms with Crippen LogP contribution in [0.5, 0.6) is 0 Å². The van der Waals surface area contributed by atoms with E-state index in [1.54, 1.807) is 13.1 Å². The highest BCUT2D eigenvalue weighted by Crippen LogP contribution is 2.33. The van der Waals surface area contributed by atoms with Crippen LogP contribution in [0.25, 0.3) is 11.3 Å². The molecule has 0 N–H and O–H groups in total. The first-order chi connectivity index (χ1) is 8.82. The Morgan fingerprint density at radius 1 is 1.26 bits per heavy atom. The monoisotopic (exact) mass is 276 g/mol. The second-order valence-electron chi connectivity index (χ2n) is 5.53. The van der Waals surface area contributed by atoms with Crippen molar-refractivity contribution in [2.24, 2.45) is 0 Å². The highest BCUT2D eigenvalue weighted by molar-refractivity contribution is 6.33. The molecule has 1 aromatic heterocycles. The average molecular weight is 277 g/mol. The van der Waals surface area contributed by atoms with E-state index in [-0.39, 0.29) is 11.3 Å². The quantitative estimate of drug-likeness (QED) is 0.772. The maximum Gasteiger partial charge on any atom is 0.163 e. The Kier molecular flexibility index (Phi) is 3.50. The third-order valence-electron chi connectivity index (χ3n) is 2.91. The van der Waals surface area contributed by atoms with Crippen LogP contribution in [0.15, 0.2) is 30.5 Å². The van der Waals surface area contributed by atoms with Gasteiger partial charge in [-0.05, 0) is 33.8 Å². The molecular weight excluding hydrogens is 260 g/mol. The topological polar surface area (TPSA) is 34.9 Å². The van der Waals surface area contributed by atoms with Gasteiger partial charge in [0.15, 0.2) is 5.78 Å². The number of benzene rings is 1. The molecule has 0 aliphatic carbocycles. The minimum Gasteiger partial charge on any atom is -0.294 e. The number of hydrogen-bond acceptors (Lipinski definition) is 2. The van der Waals surface area contributed by atoms with Crippen LogP contribution in [0.4, 0.5) is 0 Å². The summed E-state index contributed by atoms with van der Waals surface area (Å²) in [6.07, 6.45) is 1.62. The van der Waals surface area contributed by atoms with Crippen molar-refractivity contribution in [2.75, 3.05) is 0 Å². The summed E-state index contributed by atoms with van der Waals surface area (Å²) >= 11 is 6.26. The minimum atomic E-state index is -0.220. The molecule has 0 spiro atoms. The lowest BCUT2D eigenvalue weighted by Gasteiger charge is -2.23. The molecule has 0 saturated carbocycles. The van der Waals surface area contributed by atoms with Crippen molar-refractivity contribution in [3.05, 3.63) is 41.0 Å². The predicted octanol–water partition coefficient (Wildman–Crippen LogP) is 4.16. The largest absolute Gasteiger partial charge is 0.294 e. The van der Waals surface area contributed by atoms with E-state index in [1.165, 1.54) is 0 Å². The molecule has 0 unspecified atom stereocenters. The highest BCUT2D eigenvalue weighted by atomic mass is 35.5. The van der Waals surface area contributed by atoms with E-state index in [0.29, 0.717) is 10.6 Å². The molecule has 0 atom stereocenters. The van der Waals surface area contributed by atoms with Gasteiger partial charge in [-0.25, -0.2) is 0 Å². The van der Waals surface area contributed by atoms with Crippen molar-refractivity contribution in [2.45, 2.75) is 33.2 Å². The molecule has 2 rings (SSSR count). The van der Waals surface area contributed by atoms with Crippen LogP contribution in [0.2, 0.25) is 5.02 Å². The van der Waals surface area contributed by atoms with E-state index in [0.717, 1.165) is 11.3 Å². The van der Waals surface area contributed by atoms with Gasteiger partial charge in [0, 0.05) is 10.6 Å². The molecule has 3 nitrogen and oxygen atoms in total. The number of rotatable bonds is 2. The van der Waals surface area contributed by atoms with Crippen LogP contribution in [-0.2, 0) is 5.54 Å². The lowest BCUT2D eigenvalue weighted by atomic mass is 10.0. The Morgan fingerprint density at radius 3 is 2.42 bits per heavy atom. The second-order valence-corrected chi connectivity index (χ2v) is 5.93. The van der Waals surface area contributed by atoms with Crippen molar-refractivity contribution < 1.29 is 4.79 Å². The smallest absolute Gasteiger partial charge is 0.163 e. The fourth-order valence-corrected chi connectivity index (χ4v) is 2.25. The number of ketones is 1. The highest BCUT2D eigenvalue weighted by Gasteiger charge is 2.24. The standard InChI is InChI=1S/C15H17ClN2O/c1-10(19)12-9-17-18(15(2,3)4)14(12)11-7-5-6-8-13(11)16/h5-9H,1-4H3. The Morgan fingerprint density at radius 2 is 1.89 bits per heavy atom. The summed E-state index contributed by atoms with van der Waals surface area (Å²) in [4.78, 5) is 11.8. The van der Waals surface area contributed by atoms with E-state index < -0.39 is 0 Å². The molecule has 0 amide bonds. The molecule has 19 heavy (non-hydrogen) atoms. The number of carbonyl (C=O) groups excluding carboxylic acids is 1. The molecule has 0 aliphatic rings. The van der Waals surface area contributed by atoms with Crippen LogP contribution < -0.4 is 0 Å². The third kappa shape index (κ3) is 2.56. The van der Waals surface area contributed by atoms with E-state index in [9.17, 15) is 4.79 Å². The summed E-state index contributed by atoms with van der Waals surface area (Å²) in [5.41, 5.74) is 2.00. The van der Waals surface area contributed by atoms with Gasteiger partial charge in [0.1, 0.15) is 0 Å². The van der Waals surface area contributed by atoms with Gasteiger partial charge in [0.25, 0.3) is 0 Å². The normalized spacial score (nSPS) is 11.6. The van der Waals surface area contributed by atoms with Gasteiger partial charge in [-0.15, -0.1) is 0 Å². The molecule has 4 heteroatoms. The van der Waals surface area contributed by atoms with Crippen molar-refractivity contribution >= 4 is 17.4 Å². The minimum absolute atomic E-state index is 0.00887. The first kappa shape index (κ1) is 13.8. The van der Waals surface area contributed by atoms with Gasteiger partial charge < -0.3 is 0 Å². The molecule has 0 bridgehead atoms. The first-order valence-corrected chi connectivity index (χ1v) is 6.54. The predicted molar refractivity (Wildman–Crippen MR) is 77.7 cm³/mol. The van der Waals surface area contributed by atoms with E-state index in [1.807, 2.05) is 49.7 Å². The lowest BCUT2D eigenvalue weighted by Crippen LogP contribution is -2.24. The number of nitrogens with zero attached hydrogens (tertiary/aromatic N) is 2. The summed E-state index contributed by atoms with van der Waals surface area (Å²) in [5.74, 6) is -0.00887. The maximum atomic E-state index is 11.8. The zero-order chi connectivity index (χ0) is 14.2. The van der Waals surface area contributed by atoms with Gasteiger partial charge in [0.05, 0.1) is 23.0 Å². The number of Topliss-reactive ketones (excluding diaryl/α,β-unsaturated/α-hetero) is 1. The van der Waals surface area contributed by atoms with E-state index in [2.05, 4.69) is 5.10 Å². The van der Waals surface area contributed by atoms with Gasteiger partial charge in [-0.1, -0.05) is 29.8 Å². The lowest BCUT2D eigenvalue weighted by molar-refractivity contribution is 0.101. The first-order valence-electron chi connectivity index (χ1n) is 6.16. The number of aromatic nitrogens is 2. The summed E-state index contributed by atoms with van der Waals surface area (Å²) in [6, 6.07) is 7.51. The molecule has 100 valence electrons. The molecule has 0 saturated heterocycles. The third-order valence-corrected chi connectivity index (χ3v) is 3.24. The summed E-state index contributed by atoms with van der Waals surface area (Å²) in [5, 5.41) is 4.98. The van der Waals surface area contributed by atoms with Gasteiger partial charge in [-0.3, -0.25) is 9.48 Å². The Labute approximate surface area is 118 Å². The molecule has 0 radical (unpaired) electrons. The van der Waals surface area contributed by atoms with Crippen molar-refractivity contribution in [1.82, 2.24) is 9.78 Å². The number of carbonyl (C=O) groups is 1. The summed E-state index contributed by atoms with van der Waals surface area (Å²) < 4.78 is 1.85. The second kappa shape index (κ2) is 4.82. The van der Waals surface area contributed by atoms with Crippen molar-refractivity contribution in [3.63, 3.8) is 0 Å². The zero-order valence-electron chi connectivity index (χ0n) is 11.6. The van der Waals surface area contributed by atoms with Crippen LogP contribution in [0.3, 0.4) is 0 Å². The molecular formula is C15H17ClN2O. The average Bonchev–Trinajstić information content (AvgIpc) is 2.73. The van der Waals surface area contributed by atoms with Crippen LogP contribution in [-0.4, -0.2) is 15.6 Å². The molecule has 2 aromatic rings. The summed E-state index contributed by atoms with van der Waals surface area (Å²) in [7, 11) is 0. The summed E-state index contributed by atoms with van der Waals surface area (Å²) in [6.45, 7) is 7.68. The molecule has 1 aromatic carbocycles. The Balaban J connectivity index is 2.77. The SMILES string of the molecule is CC(=O)c1cnn(C(C)(C)C)c1-c1ccccc1Cl. The van der Waals surface area contributed by atoms with Gasteiger partial charge in [0.2, 0.25) is 0 Å². The fraction of sp³-hybridized carbons (Fsp3) is 0.333. The van der Waals surface area contributed by atoms with Crippen LogP contribution in [0.1, 0.15) is 38.1 Å². The fourth-order valence-electron chi connectivity index (χ4n) is 2.03. The van der Waals surface area contributed by atoms with Crippen LogP contribution >= 0.6 is 11.6 Å². The van der Waals surface area contributed by atoms with Gasteiger partial charge >= 0.3 is 0 Å². The Hall–Kier alpha value is -1.61. The molecule has 0 fully saturated rings. The van der Waals surface area contributed by atoms with Crippen molar-refractivity contribution in [3.8, 4) is 11.3 Å². The number of hydrogen-bond donors (Lipinski definition) is 0. The van der Waals surface area contributed by atoms with Crippen LogP contribution in [0, 0.1) is 0 Å². The van der Waals surface area contributed by atoms with E-state index >= 15 is 0 Å². The van der Waals surface area contributed by atoms with Gasteiger partial charge in [-0.2, -0.15) is 5.10 Å². The maximum absolute atomic E-state index is 11.8. The number of halogens is 1. The van der Waals surface area contributed by atoms with E-state index in [4.69, 9.17) is 11.6 Å².